The smallest absolute Gasteiger partial charge is 0.255 e. The Bertz CT molecular complexity index is 1290. The molecule has 2 heterocycles. The molecule has 2 fully saturated rings. The van der Waals surface area contributed by atoms with Gasteiger partial charge in [0, 0.05) is 42.0 Å². The lowest BCUT2D eigenvalue weighted by atomic mass is 9.92. The first-order valence-electron chi connectivity index (χ1n) is 12.3. The predicted molar refractivity (Wildman–Crippen MR) is 142 cm³/mol. The highest BCUT2D eigenvalue weighted by molar-refractivity contribution is 6.31. The van der Waals surface area contributed by atoms with E-state index in [2.05, 4.69) is 10.3 Å². The molecular weight excluding hydrogens is 513 g/mol. The van der Waals surface area contributed by atoms with Crippen molar-refractivity contribution in [1.82, 2.24) is 15.2 Å². The van der Waals surface area contributed by atoms with Crippen molar-refractivity contribution in [1.29, 1.82) is 0 Å². The molecule has 1 saturated heterocycles. The molecule has 192 valence electrons. The van der Waals surface area contributed by atoms with Crippen LogP contribution in [-0.4, -0.2) is 47.4 Å². The number of aromatic nitrogens is 1. The molecule has 1 aliphatic heterocycles. The van der Waals surface area contributed by atoms with Gasteiger partial charge in [-0.25, -0.2) is 4.98 Å². The van der Waals surface area contributed by atoms with Gasteiger partial charge >= 0.3 is 0 Å². The second-order valence-electron chi connectivity index (χ2n) is 9.40. The highest BCUT2D eigenvalue weighted by Crippen LogP contribution is 2.54. The normalized spacial score (nSPS) is 17.8. The number of hydrogen-bond donors (Lipinski definition) is 1. The quantitative estimate of drug-likeness (QED) is 0.398. The fourth-order valence-electron chi connectivity index (χ4n) is 4.85. The molecule has 1 saturated carbocycles. The Morgan fingerprint density at radius 2 is 1.78 bits per heavy atom. The van der Waals surface area contributed by atoms with E-state index in [0.29, 0.717) is 58.2 Å². The number of halogens is 2. The Morgan fingerprint density at radius 3 is 2.46 bits per heavy atom. The number of amides is 2. The maximum Gasteiger partial charge on any atom is 0.255 e. The van der Waals surface area contributed by atoms with Gasteiger partial charge in [-0.1, -0.05) is 23.2 Å². The highest BCUT2D eigenvalue weighted by Gasteiger charge is 2.56. The second-order valence-corrected chi connectivity index (χ2v) is 10.3. The van der Waals surface area contributed by atoms with Crippen LogP contribution in [0.5, 0.6) is 17.4 Å². The zero-order valence-electron chi connectivity index (χ0n) is 20.4. The van der Waals surface area contributed by atoms with Gasteiger partial charge < -0.3 is 19.7 Å². The summed E-state index contributed by atoms with van der Waals surface area (Å²) in [5.74, 6) is 1.36. The molecule has 2 aliphatic rings. The van der Waals surface area contributed by atoms with Crippen LogP contribution in [0.2, 0.25) is 10.0 Å². The molecule has 7 nitrogen and oxygen atoms in total. The lowest BCUT2D eigenvalue weighted by Crippen LogP contribution is -2.41. The number of likely N-dealkylation sites (tertiary alicyclic amines) is 1. The number of pyridine rings is 1. The first kappa shape index (κ1) is 25.4. The Labute approximate surface area is 225 Å². The van der Waals surface area contributed by atoms with Crippen LogP contribution in [0.25, 0.3) is 0 Å². The van der Waals surface area contributed by atoms with E-state index in [1.807, 2.05) is 11.8 Å². The van der Waals surface area contributed by atoms with Crippen LogP contribution in [0.4, 0.5) is 0 Å². The Balaban J connectivity index is 1.14. The second kappa shape index (κ2) is 10.6. The van der Waals surface area contributed by atoms with Crippen molar-refractivity contribution in [2.24, 2.45) is 5.41 Å². The lowest BCUT2D eigenvalue weighted by molar-refractivity contribution is 0.0667. The summed E-state index contributed by atoms with van der Waals surface area (Å²) >= 11 is 12.0. The number of piperidine rings is 1. The Kier molecular flexibility index (Phi) is 7.26. The summed E-state index contributed by atoms with van der Waals surface area (Å²) < 4.78 is 11.3. The van der Waals surface area contributed by atoms with Crippen LogP contribution in [0.15, 0.2) is 60.8 Å². The van der Waals surface area contributed by atoms with Crippen molar-refractivity contribution >= 4 is 35.0 Å². The molecule has 0 radical (unpaired) electrons. The van der Waals surface area contributed by atoms with Crippen LogP contribution in [-0.2, 0) is 0 Å². The molecule has 1 spiro atoms. The van der Waals surface area contributed by atoms with Gasteiger partial charge in [0.05, 0.1) is 17.2 Å². The number of benzene rings is 2. The van der Waals surface area contributed by atoms with Crippen LogP contribution in [0.1, 0.15) is 46.9 Å². The minimum absolute atomic E-state index is 0.00691. The molecule has 37 heavy (non-hydrogen) atoms. The molecule has 1 aliphatic carbocycles. The molecule has 5 rings (SSSR count). The van der Waals surface area contributed by atoms with Crippen LogP contribution in [0.3, 0.4) is 0 Å². The predicted octanol–water partition coefficient (Wildman–Crippen LogP) is 6.00. The molecule has 1 N–H and O–H groups in total. The first-order chi connectivity index (χ1) is 17.9. The summed E-state index contributed by atoms with van der Waals surface area (Å²) in [5.41, 5.74) is 1.10. The van der Waals surface area contributed by atoms with E-state index in [1.165, 1.54) is 6.20 Å². The van der Waals surface area contributed by atoms with E-state index in [0.717, 1.165) is 19.3 Å². The van der Waals surface area contributed by atoms with E-state index in [-0.39, 0.29) is 23.3 Å². The van der Waals surface area contributed by atoms with Gasteiger partial charge in [0.15, 0.2) is 0 Å². The zero-order chi connectivity index (χ0) is 26.0. The number of nitrogens with zero attached hydrogens (tertiary/aromatic N) is 2. The summed E-state index contributed by atoms with van der Waals surface area (Å²) in [6.07, 6.45) is 4.13. The summed E-state index contributed by atoms with van der Waals surface area (Å²) in [7, 11) is 0. The van der Waals surface area contributed by atoms with Gasteiger partial charge in [-0.3, -0.25) is 9.59 Å². The van der Waals surface area contributed by atoms with Gasteiger partial charge in [0.2, 0.25) is 5.88 Å². The number of ether oxygens (including phenoxy) is 2. The van der Waals surface area contributed by atoms with E-state index >= 15 is 0 Å². The topological polar surface area (TPSA) is 80.8 Å². The van der Waals surface area contributed by atoms with Crippen molar-refractivity contribution in [3.8, 4) is 17.4 Å². The molecule has 3 aromatic rings. The Hall–Kier alpha value is -3.29. The van der Waals surface area contributed by atoms with Crippen molar-refractivity contribution in [3.05, 3.63) is 82.0 Å². The van der Waals surface area contributed by atoms with Crippen LogP contribution < -0.4 is 14.8 Å². The van der Waals surface area contributed by atoms with E-state index in [4.69, 9.17) is 32.7 Å². The average molecular weight is 540 g/mol. The molecule has 9 heteroatoms. The van der Waals surface area contributed by atoms with Gasteiger partial charge in [0.1, 0.15) is 11.5 Å². The first-order valence-corrected chi connectivity index (χ1v) is 13.0. The molecule has 2 amide bonds. The maximum absolute atomic E-state index is 13.1. The third-order valence-electron chi connectivity index (χ3n) is 7.05. The van der Waals surface area contributed by atoms with Crippen LogP contribution >= 0.6 is 23.2 Å². The third-order valence-corrected chi connectivity index (χ3v) is 7.51. The molecule has 2 aromatic carbocycles. The summed E-state index contributed by atoms with van der Waals surface area (Å²) in [5, 5.41) is 4.18. The third kappa shape index (κ3) is 5.68. The van der Waals surface area contributed by atoms with E-state index in [9.17, 15) is 9.59 Å². The Morgan fingerprint density at radius 1 is 1.05 bits per heavy atom. The van der Waals surface area contributed by atoms with Crippen molar-refractivity contribution < 1.29 is 19.1 Å². The molecular formula is C28H27Cl2N3O4. The van der Waals surface area contributed by atoms with Crippen molar-refractivity contribution in [2.75, 3.05) is 19.7 Å². The number of carbonyl (C=O) groups excluding carboxylic acids is 2. The zero-order valence-corrected chi connectivity index (χ0v) is 21.9. The fraction of sp³-hybridized carbons (Fsp3) is 0.321. The minimum atomic E-state index is -0.178. The maximum atomic E-state index is 13.1. The van der Waals surface area contributed by atoms with E-state index < -0.39 is 0 Å². The van der Waals surface area contributed by atoms with Gasteiger partial charge in [-0.05, 0) is 80.1 Å². The molecule has 1 unspecified atom stereocenters. The summed E-state index contributed by atoms with van der Waals surface area (Å²) in [4.78, 5) is 32.0. The minimum Gasteiger partial charge on any atom is -0.493 e. The van der Waals surface area contributed by atoms with Crippen LogP contribution in [0, 0.1) is 5.41 Å². The van der Waals surface area contributed by atoms with Gasteiger partial charge in [-0.2, -0.15) is 0 Å². The molecule has 1 atom stereocenters. The summed E-state index contributed by atoms with van der Waals surface area (Å²) in [6.45, 7) is 3.65. The number of nitrogens with one attached hydrogen (secondary N) is 1. The standard InChI is InChI=1S/C28H27Cl2N3O4/c1-2-36-23-9-5-19(29)15-22(23)26(34)32-24-16-28(24)11-13-33(14-12-28)27(35)18-3-7-21(8-4-18)37-25-10-6-20(30)17-31-25/h3-10,15,17,24H,2,11-14,16H2,1H3,(H,32,34). The van der Waals surface area contributed by atoms with E-state index in [1.54, 1.807) is 54.6 Å². The van der Waals surface area contributed by atoms with Crippen molar-refractivity contribution in [3.63, 3.8) is 0 Å². The molecule has 1 aromatic heterocycles. The number of hydrogen-bond acceptors (Lipinski definition) is 5. The summed E-state index contributed by atoms with van der Waals surface area (Å²) in [6, 6.07) is 15.6. The molecule has 0 bridgehead atoms. The SMILES string of the molecule is CCOc1ccc(Cl)cc1C(=O)NC1CC12CCN(C(=O)c1ccc(Oc3ccc(Cl)cn3)cc1)CC2. The van der Waals surface area contributed by atoms with Crippen molar-refractivity contribution in [2.45, 2.75) is 32.2 Å². The monoisotopic (exact) mass is 539 g/mol. The lowest BCUT2D eigenvalue weighted by Gasteiger charge is -2.33. The largest absolute Gasteiger partial charge is 0.493 e. The number of carbonyl (C=O) groups is 2. The fourth-order valence-corrected chi connectivity index (χ4v) is 5.13. The number of rotatable bonds is 7. The van der Waals surface area contributed by atoms with Gasteiger partial charge in [0.25, 0.3) is 11.8 Å². The average Bonchev–Trinajstić information content (AvgIpc) is 3.57. The highest BCUT2D eigenvalue weighted by atomic mass is 35.5. The van der Waals surface area contributed by atoms with Gasteiger partial charge in [-0.15, -0.1) is 0 Å².